The molecule has 0 spiro atoms. The lowest BCUT2D eigenvalue weighted by Gasteiger charge is -2.36. The number of rotatable bonds is 4. The van der Waals surface area contributed by atoms with Gasteiger partial charge in [0, 0.05) is 5.69 Å². The second-order valence-electron chi connectivity index (χ2n) is 6.04. The topological polar surface area (TPSA) is 92.4 Å². The maximum Gasteiger partial charge on any atom is 0.329 e. The zero-order chi connectivity index (χ0) is 15.5. The summed E-state index contributed by atoms with van der Waals surface area (Å²) >= 11 is 0. The third-order valence-corrected chi connectivity index (χ3v) is 4.23. The quantitative estimate of drug-likeness (QED) is 0.739. The summed E-state index contributed by atoms with van der Waals surface area (Å²) in [5.74, 6) is -0.684. The van der Waals surface area contributed by atoms with Crippen molar-refractivity contribution in [3.05, 3.63) is 29.8 Å². The highest BCUT2D eigenvalue weighted by molar-refractivity contribution is 5.88. The molecule has 5 heteroatoms. The number of carbonyl (C=O) groups excluding carboxylic acids is 1. The molecule has 1 aliphatic rings. The number of benzene rings is 1. The van der Waals surface area contributed by atoms with Crippen LogP contribution in [0.2, 0.25) is 0 Å². The molecular weight excluding hydrogens is 268 g/mol. The third kappa shape index (κ3) is 3.74. The molecule has 0 unspecified atom stereocenters. The Morgan fingerprint density at radius 2 is 2.05 bits per heavy atom. The molecule has 114 valence electrons. The summed E-state index contributed by atoms with van der Waals surface area (Å²) in [4.78, 5) is 23.8. The number of aliphatic carboxylic acids is 1. The van der Waals surface area contributed by atoms with Gasteiger partial charge in [0.2, 0.25) is 5.91 Å². The number of hydrogen-bond acceptors (Lipinski definition) is 3. The van der Waals surface area contributed by atoms with Crippen LogP contribution in [0.15, 0.2) is 24.3 Å². The van der Waals surface area contributed by atoms with E-state index < -0.39 is 11.5 Å². The first kappa shape index (κ1) is 15.4. The molecule has 2 rings (SSSR count). The predicted molar refractivity (Wildman–Crippen MR) is 80.7 cm³/mol. The molecule has 4 N–H and O–H groups in total. The van der Waals surface area contributed by atoms with E-state index in [1.807, 2.05) is 6.07 Å². The number of carboxylic acids is 1. The molecule has 0 saturated heterocycles. The van der Waals surface area contributed by atoms with E-state index in [1.54, 1.807) is 18.2 Å². The highest BCUT2D eigenvalue weighted by Crippen LogP contribution is 2.32. The zero-order valence-corrected chi connectivity index (χ0v) is 12.3. The fourth-order valence-corrected chi connectivity index (χ4v) is 2.85. The van der Waals surface area contributed by atoms with Gasteiger partial charge in [-0.1, -0.05) is 19.1 Å². The number of carbonyl (C=O) groups is 2. The molecule has 0 bridgehead atoms. The van der Waals surface area contributed by atoms with E-state index >= 15 is 0 Å². The SMILES string of the molecule is CC1CCC(NC(=O)Cc2cccc(N)c2)(C(=O)O)CC1. The minimum absolute atomic E-state index is 0.148. The normalized spacial score (nSPS) is 25.3. The summed E-state index contributed by atoms with van der Waals surface area (Å²) in [6, 6.07) is 7.08. The van der Waals surface area contributed by atoms with Crippen molar-refractivity contribution in [3.8, 4) is 0 Å². The molecule has 0 radical (unpaired) electrons. The Morgan fingerprint density at radius 3 is 2.62 bits per heavy atom. The summed E-state index contributed by atoms with van der Waals surface area (Å²) in [7, 11) is 0. The standard InChI is InChI=1S/C16H22N2O3/c1-11-5-7-16(8-6-11,15(20)21)18-14(19)10-12-3-2-4-13(17)9-12/h2-4,9,11H,5-8,10,17H2,1H3,(H,18,19)(H,20,21). The maximum atomic E-state index is 12.2. The van der Waals surface area contributed by atoms with Gasteiger partial charge in [-0.05, 0) is 49.3 Å². The first-order valence-corrected chi connectivity index (χ1v) is 7.30. The van der Waals surface area contributed by atoms with Crippen molar-refractivity contribution < 1.29 is 14.7 Å². The molecular formula is C16H22N2O3. The zero-order valence-electron chi connectivity index (χ0n) is 12.3. The van der Waals surface area contributed by atoms with E-state index in [4.69, 9.17) is 5.73 Å². The summed E-state index contributed by atoms with van der Waals surface area (Å²) in [6.07, 6.45) is 2.78. The fraction of sp³-hybridized carbons (Fsp3) is 0.500. The molecule has 1 aromatic rings. The monoisotopic (exact) mass is 290 g/mol. The average Bonchev–Trinajstić information content (AvgIpc) is 2.41. The fourth-order valence-electron chi connectivity index (χ4n) is 2.85. The van der Waals surface area contributed by atoms with Crippen LogP contribution in [0.3, 0.4) is 0 Å². The van der Waals surface area contributed by atoms with Crippen LogP contribution in [0.1, 0.15) is 38.2 Å². The van der Waals surface area contributed by atoms with Crippen LogP contribution in [0, 0.1) is 5.92 Å². The van der Waals surface area contributed by atoms with Gasteiger partial charge in [0.15, 0.2) is 0 Å². The van der Waals surface area contributed by atoms with Gasteiger partial charge in [-0.2, -0.15) is 0 Å². The third-order valence-electron chi connectivity index (χ3n) is 4.23. The van der Waals surface area contributed by atoms with Crippen LogP contribution in [-0.2, 0) is 16.0 Å². The second-order valence-corrected chi connectivity index (χ2v) is 6.04. The Bertz CT molecular complexity index is 534. The van der Waals surface area contributed by atoms with Gasteiger partial charge in [0.05, 0.1) is 6.42 Å². The van der Waals surface area contributed by atoms with Crippen molar-refractivity contribution in [2.45, 2.75) is 44.6 Å². The van der Waals surface area contributed by atoms with Gasteiger partial charge in [-0.15, -0.1) is 0 Å². The van der Waals surface area contributed by atoms with Crippen molar-refractivity contribution in [2.75, 3.05) is 5.73 Å². The van der Waals surface area contributed by atoms with E-state index in [-0.39, 0.29) is 12.3 Å². The molecule has 1 saturated carbocycles. The van der Waals surface area contributed by atoms with Crippen LogP contribution >= 0.6 is 0 Å². The molecule has 0 aromatic heterocycles. The van der Waals surface area contributed by atoms with Gasteiger partial charge in [-0.3, -0.25) is 4.79 Å². The Labute approximate surface area is 124 Å². The summed E-state index contributed by atoms with van der Waals surface area (Å²) in [6.45, 7) is 2.11. The van der Waals surface area contributed by atoms with Crippen LogP contribution in [-0.4, -0.2) is 22.5 Å². The van der Waals surface area contributed by atoms with Crippen molar-refractivity contribution in [2.24, 2.45) is 5.92 Å². The lowest BCUT2D eigenvalue weighted by atomic mass is 9.77. The van der Waals surface area contributed by atoms with Gasteiger partial charge < -0.3 is 16.2 Å². The highest BCUT2D eigenvalue weighted by atomic mass is 16.4. The van der Waals surface area contributed by atoms with E-state index in [0.717, 1.165) is 18.4 Å². The lowest BCUT2D eigenvalue weighted by molar-refractivity contribution is -0.149. The van der Waals surface area contributed by atoms with Gasteiger partial charge >= 0.3 is 5.97 Å². The lowest BCUT2D eigenvalue weighted by Crippen LogP contribution is -2.56. The van der Waals surface area contributed by atoms with E-state index in [1.165, 1.54) is 0 Å². The summed E-state index contributed by atoms with van der Waals surface area (Å²) in [5, 5.41) is 12.2. The number of carboxylic acid groups (broad SMARTS) is 1. The Morgan fingerprint density at radius 1 is 1.38 bits per heavy atom. The second kappa shape index (κ2) is 6.16. The first-order valence-electron chi connectivity index (χ1n) is 7.30. The van der Waals surface area contributed by atoms with Gasteiger partial charge in [0.25, 0.3) is 0 Å². The number of hydrogen-bond donors (Lipinski definition) is 3. The summed E-state index contributed by atoms with van der Waals surface area (Å²) in [5.41, 5.74) is 5.96. The maximum absolute atomic E-state index is 12.2. The Balaban J connectivity index is 2.04. The van der Waals surface area contributed by atoms with Gasteiger partial charge in [0.1, 0.15) is 5.54 Å². The van der Waals surface area contributed by atoms with Crippen LogP contribution in [0.25, 0.3) is 0 Å². The number of nitrogens with two attached hydrogens (primary N) is 1. The van der Waals surface area contributed by atoms with Crippen molar-refractivity contribution >= 4 is 17.6 Å². The number of anilines is 1. The number of nitrogens with one attached hydrogen (secondary N) is 1. The van der Waals surface area contributed by atoms with E-state index in [0.29, 0.717) is 24.4 Å². The van der Waals surface area contributed by atoms with E-state index in [2.05, 4.69) is 12.2 Å². The van der Waals surface area contributed by atoms with E-state index in [9.17, 15) is 14.7 Å². The molecule has 1 aromatic carbocycles. The van der Waals surface area contributed by atoms with Crippen LogP contribution in [0.4, 0.5) is 5.69 Å². The predicted octanol–water partition coefficient (Wildman–Crippen LogP) is 1.96. The minimum atomic E-state index is -1.11. The molecule has 0 atom stereocenters. The Kier molecular flexibility index (Phi) is 4.50. The average molecular weight is 290 g/mol. The molecule has 1 amide bonds. The van der Waals surface area contributed by atoms with Gasteiger partial charge in [-0.25, -0.2) is 4.79 Å². The molecule has 21 heavy (non-hydrogen) atoms. The number of nitrogen functional groups attached to an aromatic ring is 1. The van der Waals surface area contributed by atoms with Crippen LogP contribution in [0.5, 0.6) is 0 Å². The smallest absolute Gasteiger partial charge is 0.329 e. The summed E-state index contributed by atoms with van der Waals surface area (Å²) < 4.78 is 0. The highest BCUT2D eigenvalue weighted by Gasteiger charge is 2.42. The number of amides is 1. The van der Waals surface area contributed by atoms with Crippen molar-refractivity contribution in [3.63, 3.8) is 0 Å². The van der Waals surface area contributed by atoms with Crippen molar-refractivity contribution in [1.29, 1.82) is 0 Å². The molecule has 0 aliphatic heterocycles. The molecule has 5 nitrogen and oxygen atoms in total. The molecule has 0 heterocycles. The first-order chi connectivity index (χ1) is 9.91. The molecule has 1 aliphatic carbocycles. The molecule has 1 fully saturated rings. The minimum Gasteiger partial charge on any atom is -0.480 e. The largest absolute Gasteiger partial charge is 0.480 e. The van der Waals surface area contributed by atoms with Crippen molar-refractivity contribution in [1.82, 2.24) is 5.32 Å². The van der Waals surface area contributed by atoms with Crippen LogP contribution < -0.4 is 11.1 Å². The Hall–Kier alpha value is -2.04.